The molecule has 0 heterocycles. The molecular weight excluding hydrogens is 188 g/mol. The highest BCUT2D eigenvalue weighted by Crippen LogP contribution is 2.29. The van der Waals surface area contributed by atoms with Gasteiger partial charge in [-0.1, -0.05) is 33.1 Å². The van der Waals surface area contributed by atoms with E-state index in [2.05, 4.69) is 6.92 Å². The number of ether oxygens (including phenoxy) is 1. The smallest absolute Gasteiger partial charge is 0.306 e. The van der Waals surface area contributed by atoms with Gasteiger partial charge in [0.2, 0.25) is 0 Å². The van der Waals surface area contributed by atoms with Crippen molar-refractivity contribution in [3.63, 3.8) is 0 Å². The van der Waals surface area contributed by atoms with Crippen molar-refractivity contribution in [3.05, 3.63) is 0 Å². The molecule has 2 heteroatoms. The van der Waals surface area contributed by atoms with Gasteiger partial charge in [-0.2, -0.15) is 0 Å². The van der Waals surface area contributed by atoms with Crippen molar-refractivity contribution in [2.45, 2.75) is 71.3 Å². The predicted molar refractivity (Wildman–Crippen MR) is 61.7 cm³/mol. The second kappa shape index (κ2) is 6.86. The van der Waals surface area contributed by atoms with Crippen LogP contribution in [0.2, 0.25) is 0 Å². The first kappa shape index (κ1) is 12.5. The molecule has 0 aromatic heterocycles. The largest absolute Gasteiger partial charge is 0.462 e. The Kier molecular flexibility index (Phi) is 5.74. The molecule has 1 saturated carbocycles. The van der Waals surface area contributed by atoms with Gasteiger partial charge in [-0.15, -0.1) is 0 Å². The highest BCUT2D eigenvalue weighted by molar-refractivity contribution is 5.69. The van der Waals surface area contributed by atoms with Crippen LogP contribution in [0.15, 0.2) is 0 Å². The normalized spacial score (nSPS) is 19.9. The predicted octanol–water partition coefficient (Wildman–Crippen LogP) is 3.69. The number of hydrogen-bond donors (Lipinski definition) is 0. The molecule has 88 valence electrons. The summed E-state index contributed by atoms with van der Waals surface area (Å²) in [6.07, 6.45) is 9.10. The van der Waals surface area contributed by atoms with Gasteiger partial charge in [0.05, 0.1) is 0 Å². The monoisotopic (exact) mass is 212 g/mol. The second-order valence-corrected chi connectivity index (χ2v) is 4.58. The summed E-state index contributed by atoms with van der Waals surface area (Å²) in [5.41, 5.74) is 0. The summed E-state index contributed by atoms with van der Waals surface area (Å²) in [4.78, 5) is 11.4. The lowest BCUT2D eigenvalue weighted by Gasteiger charge is -2.29. The van der Waals surface area contributed by atoms with E-state index in [0.29, 0.717) is 12.3 Å². The first-order chi connectivity index (χ1) is 7.27. The number of carbonyl (C=O) groups excluding carboxylic acids is 1. The van der Waals surface area contributed by atoms with Crippen LogP contribution < -0.4 is 0 Å². The average Bonchev–Trinajstić information content (AvgIpc) is 2.27. The fourth-order valence-corrected chi connectivity index (χ4v) is 2.45. The molecule has 1 unspecified atom stereocenters. The van der Waals surface area contributed by atoms with Crippen molar-refractivity contribution in [2.75, 3.05) is 0 Å². The van der Waals surface area contributed by atoms with Crippen molar-refractivity contribution in [3.8, 4) is 0 Å². The van der Waals surface area contributed by atoms with Crippen LogP contribution in [0, 0.1) is 5.92 Å². The zero-order valence-corrected chi connectivity index (χ0v) is 10.1. The molecule has 0 aromatic carbocycles. The molecule has 1 aliphatic rings. The first-order valence-electron chi connectivity index (χ1n) is 6.47. The molecule has 0 aromatic rings. The van der Waals surface area contributed by atoms with Crippen LogP contribution in [0.3, 0.4) is 0 Å². The lowest BCUT2D eigenvalue weighted by molar-refractivity contribution is -0.152. The van der Waals surface area contributed by atoms with Gasteiger partial charge in [0.25, 0.3) is 0 Å². The molecular formula is C13H24O2. The zero-order chi connectivity index (χ0) is 11.1. The Hall–Kier alpha value is -0.530. The van der Waals surface area contributed by atoms with Gasteiger partial charge in [0.15, 0.2) is 0 Å². The lowest BCUT2D eigenvalue weighted by Crippen LogP contribution is -2.28. The Labute approximate surface area is 93.4 Å². The molecule has 0 N–H and O–H groups in total. The van der Waals surface area contributed by atoms with Gasteiger partial charge in [0.1, 0.15) is 6.10 Å². The average molecular weight is 212 g/mol. The van der Waals surface area contributed by atoms with Crippen molar-refractivity contribution >= 4 is 5.97 Å². The summed E-state index contributed by atoms with van der Waals surface area (Å²) < 4.78 is 5.54. The third-order valence-corrected chi connectivity index (χ3v) is 3.31. The third kappa shape index (κ3) is 4.23. The summed E-state index contributed by atoms with van der Waals surface area (Å²) >= 11 is 0. The van der Waals surface area contributed by atoms with Crippen LogP contribution in [-0.2, 0) is 9.53 Å². The molecule has 1 fully saturated rings. The van der Waals surface area contributed by atoms with Gasteiger partial charge < -0.3 is 4.74 Å². The Balaban J connectivity index is 2.36. The van der Waals surface area contributed by atoms with E-state index >= 15 is 0 Å². The highest BCUT2D eigenvalue weighted by atomic mass is 16.5. The Morgan fingerprint density at radius 1 is 1.27 bits per heavy atom. The van der Waals surface area contributed by atoms with E-state index in [9.17, 15) is 4.79 Å². The number of hydrogen-bond acceptors (Lipinski definition) is 2. The minimum absolute atomic E-state index is 0.00470. The molecule has 1 rings (SSSR count). The fourth-order valence-electron chi connectivity index (χ4n) is 2.45. The number of carbonyl (C=O) groups is 1. The highest BCUT2D eigenvalue weighted by Gasteiger charge is 2.24. The maximum atomic E-state index is 11.4. The van der Waals surface area contributed by atoms with Gasteiger partial charge >= 0.3 is 5.97 Å². The molecule has 0 bridgehead atoms. The Morgan fingerprint density at radius 3 is 2.47 bits per heavy atom. The standard InChI is InChI=1S/C13H24O2/c1-3-8-13(14)15-12(4-2)11-9-6-5-7-10-11/h11-12H,3-10H2,1-2H3. The van der Waals surface area contributed by atoms with E-state index in [1.54, 1.807) is 0 Å². The quantitative estimate of drug-likeness (QED) is 0.650. The molecule has 1 aliphatic carbocycles. The SMILES string of the molecule is CCCC(=O)OC(CC)C1CCCCC1. The maximum Gasteiger partial charge on any atom is 0.306 e. The van der Waals surface area contributed by atoms with Crippen molar-refractivity contribution in [1.82, 2.24) is 0 Å². The van der Waals surface area contributed by atoms with Crippen LogP contribution in [0.1, 0.15) is 65.2 Å². The lowest BCUT2D eigenvalue weighted by atomic mass is 9.84. The van der Waals surface area contributed by atoms with Gasteiger partial charge in [-0.3, -0.25) is 4.79 Å². The third-order valence-electron chi connectivity index (χ3n) is 3.31. The van der Waals surface area contributed by atoms with E-state index in [-0.39, 0.29) is 12.1 Å². The minimum Gasteiger partial charge on any atom is -0.462 e. The van der Waals surface area contributed by atoms with Gasteiger partial charge in [-0.05, 0) is 31.6 Å². The van der Waals surface area contributed by atoms with E-state index in [4.69, 9.17) is 4.74 Å². The van der Waals surface area contributed by atoms with E-state index < -0.39 is 0 Å². The number of esters is 1. The van der Waals surface area contributed by atoms with Crippen LogP contribution >= 0.6 is 0 Å². The molecule has 0 saturated heterocycles. The molecule has 0 spiro atoms. The van der Waals surface area contributed by atoms with Crippen LogP contribution in [0.4, 0.5) is 0 Å². The summed E-state index contributed by atoms with van der Waals surface area (Å²) in [6.45, 7) is 4.14. The summed E-state index contributed by atoms with van der Waals surface area (Å²) in [7, 11) is 0. The number of rotatable bonds is 5. The molecule has 15 heavy (non-hydrogen) atoms. The Morgan fingerprint density at radius 2 is 1.93 bits per heavy atom. The van der Waals surface area contributed by atoms with E-state index in [0.717, 1.165) is 12.8 Å². The maximum absolute atomic E-state index is 11.4. The second-order valence-electron chi connectivity index (χ2n) is 4.58. The van der Waals surface area contributed by atoms with Gasteiger partial charge in [-0.25, -0.2) is 0 Å². The topological polar surface area (TPSA) is 26.3 Å². The van der Waals surface area contributed by atoms with Crippen molar-refractivity contribution in [2.24, 2.45) is 5.92 Å². The van der Waals surface area contributed by atoms with Crippen molar-refractivity contribution in [1.29, 1.82) is 0 Å². The molecule has 0 aliphatic heterocycles. The summed E-state index contributed by atoms with van der Waals surface area (Å²) in [5, 5.41) is 0. The summed E-state index contributed by atoms with van der Waals surface area (Å²) in [5.74, 6) is 0.625. The zero-order valence-electron chi connectivity index (χ0n) is 10.1. The van der Waals surface area contributed by atoms with Gasteiger partial charge in [0, 0.05) is 6.42 Å². The van der Waals surface area contributed by atoms with E-state index in [1.807, 2.05) is 6.92 Å². The van der Waals surface area contributed by atoms with Crippen LogP contribution in [0.25, 0.3) is 0 Å². The molecule has 0 amide bonds. The molecule has 2 nitrogen and oxygen atoms in total. The van der Waals surface area contributed by atoms with Crippen molar-refractivity contribution < 1.29 is 9.53 Å². The summed E-state index contributed by atoms with van der Waals surface area (Å²) in [6, 6.07) is 0. The van der Waals surface area contributed by atoms with E-state index in [1.165, 1.54) is 32.1 Å². The molecule has 1 atom stereocenters. The van der Waals surface area contributed by atoms with Crippen LogP contribution in [0.5, 0.6) is 0 Å². The first-order valence-corrected chi connectivity index (χ1v) is 6.47. The Bertz CT molecular complexity index is 183. The molecule has 0 radical (unpaired) electrons. The van der Waals surface area contributed by atoms with Crippen LogP contribution in [-0.4, -0.2) is 12.1 Å². The minimum atomic E-state index is -0.00470. The fraction of sp³-hybridized carbons (Fsp3) is 0.923.